The summed E-state index contributed by atoms with van der Waals surface area (Å²) in [6.45, 7) is 10.1. The van der Waals surface area contributed by atoms with Crippen molar-refractivity contribution in [1.29, 1.82) is 0 Å². The Kier molecular flexibility index (Phi) is 5.65. The molecule has 0 amide bonds. The highest BCUT2D eigenvalue weighted by Crippen LogP contribution is 2.40. The van der Waals surface area contributed by atoms with E-state index >= 15 is 0 Å². The van der Waals surface area contributed by atoms with Crippen LogP contribution in [-0.4, -0.2) is 6.54 Å². The van der Waals surface area contributed by atoms with Gasteiger partial charge in [0.1, 0.15) is 0 Å². The minimum atomic E-state index is 0.545. The van der Waals surface area contributed by atoms with Crippen LogP contribution in [0.2, 0.25) is 0 Å². The van der Waals surface area contributed by atoms with Crippen molar-refractivity contribution < 1.29 is 0 Å². The van der Waals surface area contributed by atoms with E-state index in [9.17, 15) is 0 Å². The van der Waals surface area contributed by atoms with Gasteiger partial charge in [0.05, 0.1) is 0 Å². The molecule has 0 saturated heterocycles. The van der Waals surface area contributed by atoms with E-state index < -0.39 is 0 Å². The molecule has 3 atom stereocenters. The Bertz CT molecular complexity index is 404. The van der Waals surface area contributed by atoms with E-state index in [1.54, 1.807) is 0 Å². The van der Waals surface area contributed by atoms with E-state index in [-0.39, 0.29) is 0 Å². The van der Waals surface area contributed by atoms with Crippen LogP contribution in [0.3, 0.4) is 0 Å². The van der Waals surface area contributed by atoms with E-state index in [0.717, 1.165) is 18.4 Å². The van der Waals surface area contributed by atoms with E-state index in [4.69, 9.17) is 0 Å². The van der Waals surface area contributed by atoms with Crippen LogP contribution in [0.15, 0.2) is 18.2 Å². The Balaban J connectivity index is 2.28. The molecule has 1 aliphatic rings. The molecule has 0 aromatic heterocycles. The smallest absolute Gasteiger partial charge is 0.0351 e. The summed E-state index contributed by atoms with van der Waals surface area (Å²) in [5.41, 5.74) is 4.30. The lowest BCUT2D eigenvalue weighted by molar-refractivity contribution is 0.176. The first-order valence-electron chi connectivity index (χ1n) is 8.47. The molecule has 1 heteroatoms. The van der Waals surface area contributed by atoms with Crippen molar-refractivity contribution in [3.63, 3.8) is 0 Å². The van der Waals surface area contributed by atoms with Crippen LogP contribution in [0.1, 0.15) is 68.7 Å². The van der Waals surface area contributed by atoms with Gasteiger partial charge in [0.2, 0.25) is 0 Å². The molecule has 1 aromatic rings. The predicted molar refractivity (Wildman–Crippen MR) is 88.1 cm³/mol. The zero-order chi connectivity index (χ0) is 14.5. The van der Waals surface area contributed by atoms with Crippen molar-refractivity contribution in [2.24, 2.45) is 11.8 Å². The lowest BCUT2D eigenvalue weighted by Gasteiger charge is -2.38. The molecule has 1 nitrogen and oxygen atoms in total. The first-order valence-corrected chi connectivity index (χ1v) is 8.47. The van der Waals surface area contributed by atoms with Gasteiger partial charge < -0.3 is 5.32 Å². The zero-order valence-corrected chi connectivity index (χ0v) is 13.7. The van der Waals surface area contributed by atoms with Gasteiger partial charge in [0.25, 0.3) is 0 Å². The number of benzene rings is 1. The molecule has 0 bridgehead atoms. The normalized spacial score (nSPS) is 24.6. The fraction of sp³-hybridized carbons (Fsp3) is 0.684. The van der Waals surface area contributed by atoms with Crippen molar-refractivity contribution in [1.82, 2.24) is 5.32 Å². The average molecular weight is 273 g/mol. The number of aryl methyl sites for hydroxylation is 2. The second-order valence-corrected chi connectivity index (χ2v) is 6.57. The molecule has 1 aliphatic carbocycles. The highest BCUT2D eigenvalue weighted by molar-refractivity contribution is 5.31. The Morgan fingerprint density at radius 1 is 1.05 bits per heavy atom. The summed E-state index contributed by atoms with van der Waals surface area (Å²) in [7, 11) is 0. The van der Waals surface area contributed by atoms with Gasteiger partial charge in [-0.2, -0.15) is 0 Å². The summed E-state index contributed by atoms with van der Waals surface area (Å²) < 4.78 is 0. The molecule has 20 heavy (non-hydrogen) atoms. The molecule has 1 saturated carbocycles. The maximum atomic E-state index is 3.79. The predicted octanol–water partition coefficient (Wildman–Crippen LogP) is 5.17. The molecule has 1 fully saturated rings. The third kappa shape index (κ3) is 3.63. The Morgan fingerprint density at radius 3 is 2.30 bits per heavy atom. The van der Waals surface area contributed by atoms with Crippen LogP contribution in [0.4, 0.5) is 0 Å². The molecule has 0 aliphatic heterocycles. The molecule has 0 radical (unpaired) electrons. The number of nitrogens with one attached hydrogen (secondary N) is 1. The van der Waals surface area contributed by atoms with Crippen LogP contribution in [0.5, 0.6) is 0 Å². The average Bonchev–Trinajstić information content (AvgIpc) is 2.43. The molecule has 1 N–H and O–H groups in total. The number of hydrogen-bond acceptors (Lipinski definition) is 1. The van der Waals surface area contributed by atoms with Gasteiger partial charge in [-0.1, -0.05) is 68.9 Å². The topological polar surface area (TPSA) is 12.0 Å². The molecule has 112 valence electrons. The van der Waals surface area contributed by atoms with Crippen molar-refractivity contribution >= 4 is 0 Å². The van der Waals surface area contributed by atoms with Gasteiger partial charge in [-0.05, 0) is 44.2 Å². The van der Waals surface area contributed by atoms with Gasteiger partial charge in [-0.15, -0.1) is 0 Å². The van der Waals surface area contributed by atoms with Gasteiger partial charge in [-0.3, -0.25) is 0 Å². The van der Waals surface area contributed by atoms with Crippen LogP contribution < -0.4 is 5.32 Å². The maximum Gasteiger partial charge on any atom is 0.0351 e. The summed E-state index contributed by atoms with van der Waals surface area (Å²) in [6.07, 6.45) is 6.99. The van der Waals surface area contributed by atoms with Gasteiger partial charge in [0, 0.05) is 6.04 Å². The van der Waals surface area contributed by atoms with Crippen molar-refractivity contribution in [2.75, 3.05) is 6.54 Å². The molecule has 0 spiro atoms. The van der Waals surface area contributed by atoms with E-state index in [2.05, 4.69) is 51.2 Å². The first-order chi connectivity index (χ1) is 9.65. The minimum absolute atomic E-state index is 0.545. The lowest BCUT2D eigenvalue weighted by Crippen LogP contribution is -2.34. The van der Waals surface area contributed by atoms with Crippen molar-refractivity contribution in [2.45, 2.75) is 65.8 Å². The first kappa shape index (κ1) is 15.6. The third-order valence-corrected chi connectivity index (χ3v) is 4.95. The van der Waals surface area contributed by atoms with Crippen molar-refractivity contribution in [3.8, 4) is 0 Å². The maximum absolute atomic E-state index is 3.79. The lowest BCUT2D eigenvalue weighted by atomic mass is 9.72. The molecular weight excluding hydrogens is 242 g/mol. The summed E-state index contributed by atoms with van der Waals surface area (Å²) in [5, 5.41) is 3.79. The molecule has 2 rings (SSSR count). The standard InChI is InChI=1S/C19H31N/c1-5-16-9-7-8-10-18(16)19(20-6-2)17-12-14(3)11-15(4)13-17/h11-13,16,18-20H,5-10H2,1-4H3. The summed E-state index contributed by atoms with van der Waals surface area (Å²) in [4.78, 5) is 0. The number of hydrogen-bond donors (Lipinski definition) is 1. The Labute approximate surface area is 125 Å². The van der Waals surface area contributed by atoms with Crippen molar-refractivity contribution in [3.05, 3.63) is 34.9 Å². The van der Waals surface area contributed by atoms with Gasteiger partial charge in [0.15, 0.2) is 0 Å². The molecule has 3 unspecified atom stereocenters. The fourth-order valence-corrected chi connectivity index (χ4v) is 4.11. The molecule has 0 heterocycles. The molecule has 1 aromatic carbocycles. The van der Waals surface area contributed by atoms with Gasteiger partial charge >= 0.3 is 0 Å². The highest BCUT2D eigenvalue weighted by Gasteiger charge is 2.31. The van der Waals surface area contributed by atoms with E-state index in [1.165, 1.54) is 48.8 Å². The second-order valence-electron chi connectivity index (χ2n) is 6.57. The van der Waals surface area contributed by atoms with Crippen LogP contribution in [0.25, 0.3) is 0 Å². The quantitative estimate of drug-likeness (QED) is 0.780. The third-order valence-electron chi connectivity index (χ3n) is 4.95. The second kappa shape index (κ2) is 7.26. The Hall–Kier alpha value is -0.820. The fourth-order valence-electron chi connectivity index (χ4n) is 4.11. The highest BCUT2D eigenvalue weighted by atomic mass is 14.9. The van der Waals surface area contributed by atoms with Gasteiger partial charge in [-0.25, -0.2) is 0 Å². The Morgan fingerprint density at radius 2 is 1.70 bits per heavy atom. The van der Waals surface area contributed by atoms with E-state index in [1.807, 2.05) is 0 Å². The summed E-state index contributed by atoms with van der Waals surface area (Å²) >= 11 is 0. The largest absolute Gasteiger partial charge is 0.310 e. The zero-order valence-electron chi connectivity index (χ0n) is 13.7. The summed E-state index contributed by atoms with van der Waals surface area (Å²) in [6, 6.07) is 7.61. The SMILES string of the molecule is CCNC(c1cc(C)cc(C)c1)C1CCCCC1CC. The molecular formula is C19H31N. The number of rotatable bonds is 5. The van der Waals surface area contributed by atoms with Crippen LogP contribution in [-0.2, 0) is 0 Å². The van der Waals surface area contributed by atoms with Crippen LogP contribution in [0, 0.1) is 25.7 Å². The van der Waals surface area contributed by atoms with E-state index in [0.29, 0.717) is 6.04 Å². The van der Waals surface area contributed by atoms with Crippen LogP contribution >= 0.6 is 0 Å². The minimum Gasteiger partial charge on any atom is -0.310 e. The monoisotopic (exact) mass is 273 g/mol. The summed E-state index contributed by atoms with van der Waals surface area (Å²) in [5.74, 6) is 1.71.